The highest BCUT2D eigenvalue weighted by Crippen LogP contribution is 2.44. The van der Waals surface area contributed by atoms with Gasteiger partial charge in [-0.2, -0.15) is 0 Å². The van der Waals surface area contributed by atoms with Crippen molar-refractivity contribution in [3.05, 3.63) is 41.5 Å². The van der Waals surface area contributed by atoms with Crippen molar-refractivity contribution in [3.8, 4) is 17.2 Å². The van der Waals surface area contributed by atoms with E-state index in [0.29, 0.717) is 12.5 Å². The fourth-order valence-electron chi connectivity index (χ4n) is 5.23. The van der Waals surface area contributed by atoms with Crippen LogP contribution in [0.1, 0.15) is 37.3 Å². The van der Waals surface area contributed by atoms with Gasteiger partial charge in [-0.3, -0.25) is 9.69 Å². The summed E-state index contributed by atoms with van der Waals surface area (Å²) in [6.45, 7) is 4.12. The van der Waals surface area contributed by atoms with Crippen LogP contribution in [0.25, 0.3) is 21.5 Å². The molecule has 2 aliphatic heterocycles. The lowest BCUT2D eigenvalue weighted by molar-refractivity contribution is -0.120. The van der Waals surface area contributed by atoms with E-state index < -0.39 is 0 Å². The minimum atomic E-state index is 0.0990. The number of Topliss-reactive ketones (excluding diaryl/α,β-unsaturated/α-hetero) is 1. The summed E-state index contributed by atoms with van der Waals surface area (Å²) >= 11 is 0. The first-order chi connectivity index (χ1) is 15.1. The van der Waals surface area contributed by atoms with Crippen molar-refractivity contribution in [2.45, 2.75) is 45.2 Å². The highest BCUT2D eigenvalue weighted by Gasteiger charge is 2.32. The zero-order valence-electron chi connectivity index (χ0n) is 18.5. The first-order valence-corrected chi connectivity index (χ1v) is 11.1. The number of ether oxygens (including phenoxy) is 3. The van der Waals surface area contributed by atoms with Crippen LogP contribution in [0.15, 0.2) is 30.3 Å². The van der Waals surface area contributed by atoms with Gasteiger partial charge in [0.05, 0.1) is 14.2 Å². The summed E-state index contributed by atoms with van der Waals surface area (Å²) < 4.78 is 17.1. The molecule has 5 rings (SSSR count). The van der Waals surface area contributed by atoms with Crippen LogP contribution in [0.3, 0.4) is 0 Å². The molecule has 3 aromatic rings. The van der Waals surface area contributed by atoms with Gasteiger partial charge in [-0.1, -0.05) is 13.0 Å². The number of ketones is 1. The lowest BCUT2D eigenvalue weighted by Gasteiger charge is -2.33. The van der Waals surface area contributed by atoms with Gasteiger partial charge in [0, 0.05) is 19.0 Å². The maximum Gasteiger partial charge on any atom is 0.169 e. The largest absolute Gasteiger partial charge is 0.493 e. The van der Waals surface area contributed by atoms with Crippen molar-refractivity contribution in [3.63, 3.8) is 0 Å². The van der Waals surface area contributed by atoms with Crippen molar-refractivity contribution >= 4 is 27.3 Å². The molecule has 3 aromatic carbocycles. The van der Waals surface area contributed by atoms with Gasteiger partial charge in [0.15, 0.2) is 17.3 Å². The van der Waals surface area contributed by atoms with E-state index in [1.165, 1.54) is 41.3 Å². The van der Waals surface area contributed by atoms with Gasteiger partial charge in [0.2, 0.25) is 0 Å². The summed E-state index contributed by atoms with van der Waals surface area (Å²) in [6, 6.07) is 11.1. The Morgan fingerprint density at radius 3 is 2.48 bits per heavy atom. The molecule has 31 heavy (non-hydrogen) atoms. The lowest BCUT2D eigenvalue weighted by atomic mass is 9.85. The molecule has 1 saturated heterocycles. The molecular formula is C26H29NO4. The average Bonchev–Trinajstić information content (AvgIpc) is 3.28. The first kappa shape index (κ1) is 20.1. The standard InChI is InChI=1S/C26H29NO4/c1-4-17(28)15-31-18-7-8-19-21(11-18)23-13-26(30-3)25(29-2)12-22(23)20-10-16-6-5-9-27(16)14-24(19)20/h7-8,11-13,16H,4-6,9-10,14-15H2,1-3H3/t16-/m1/s1. The Hall–Kier alpha value is -2.79. The second kappa shape index (κ2) is 8.04. The third kappa shape index (κ3) is 3.41. The molecule has 2 aliphatic rings. The van der Waals surface area contributed by atoms with Crippen molar-refractivity contribution in [2.75, 3.05) is 27.4 Å². The molecule has 0 aromatic heterocycles. The molecule has 0 saturated carbocycles. The van der Waals surface area contributed by atoms with E-state index >= 15 is 0 Å². The monoisotopic (exact) mass is 419 g/mol. The average molecular weight is 420 g/mol. The highest BCUT2D eigenvalue weighted by atomic mass is 16.5. The van der Waals surface area contributed by atoms with E-state index in [9.17, 15) is 4.79 Å². The molecule has 0 aliphatic carbocycles. The van der Waals surface area contributed by atoms with Crippen LogP contribution in [0.2, 0.25) is 0 Å². The fourth-order valence-corrected chi connectivity index (χ4v) is 5.23. The van der Waals surface area contributed by atoms with Crippen molar-refractivity contribution in [1.29, 1.82) is 0 Å². The number of hydrogen-bond acceptors (Lipinski definition) is 5. The normalized spacial score (nSPS) is 18.1. The quantitative estimate of drug-likeness (QED) is 0.533. The van der Waals surface area contributed by atoms with E-state index in [0.717, 1.165) is 41.0 Å². The number of benzene rings is 3. The third-order valence-corrected chi connectivity index (χ3v) is 6.91. The van der Waals surface area contributed by atoms with Crippen LogP contribution in [-0.2, 0) is 17.8 Å². The number of methoxy groups -OCH3 is 2. The van der Waals surface area contributed by atoms with E-state index in [-0.39, 0.29) is 12.4 Å². The molecule has 1 fully saturated rings. The van der Waals surface area contributed by atoms with Crippen LogP contribution in [0.5, 0.6) is 17.2 Å². The number of carbonyl (C=O) groups excluding carboxylic acids is 1. The maximum absolute atomic E-state index is 11.8. The Morgan fingerprint density at radius 2 is 1.74 bits per heavy atom. The summed E-state index contributed by atoms with van der Waals surface area (Å²) in [7, 11) is 3.36. The summed E-state index contributed by atoms with van der Waals surface area (Å²) in [6.07, 6.45) is 4.10. The van der Waals surface area contributed by atoms with Crippen molar-refractivity contribution < 1.29 is 19.0 Å². The zero-order chi connectivity index (χ0) is 21.5. The lowest BCUT2D eigenvalue weighted by Crippen LogP contribution is -2.35. The third-order valence-electron chi connectivity index (χ3n) is 6.91. The topological polar surface area (TPSA) is 48.0 Å². The van der Waals surface area contributed by atoms with Crippen LogP contribution in [-0.4, -0.2) is 44.1 Å². The van der Waals surface area contributed by atoms with Crippen LogP contribution in [0, 0.1) is 0 Å². The Bertz CT molecular complexity index is 1170. The van der Waals surface area contributed by atoms with Crippen molar-refractivity contribution in [2.24, 2.45) is 0 Å². The Labute approximate surface area is 182 Å². The molecule has 0 amide bonds. The summed E-state index contributed by atoms with van der Waals surface area (Å²) in [5, 5.41) is 4.77. The summed E-state index contributed by atoms with van der Waals surface area (Å²) in [5.74, 6) is 2.30. The molecule has 0 N–H and O–H groups in total. The molecule has 0 bridgehead atoms. The summed E-state index contributed by atoms with van der Waals surface area (Å²) in [5.41, 5.74) is 2.84. The molecule has 2 heterocycles. The predicted molar refractivity (Wildman–Crippen MR) is 122 cm³/mol. The first-order valence-electron chi connectivity index (χ1n) is 11.1. The molecule has 0 unspecified atom stereocenters. The highest BCUT2D eigenvalue weighted by molar-refractivity contribution is 6.12. The minimum absolute atomic E-state index is 0.0990. The van der Waals surface area contributed by atoms with Crippen LogP contribution >= 0.6 is 0 Å². The molecule has 5 heteroatoms. The number of carbonyl (C=O) groups is 1. The minimum Gasteiger partial charge on any atom is -0.493 e. The fraction of sp³-hybridized carbons (Fsp3) is 0.423. The maximum atomic E-state index is 11.8. The number of nitrogens with zero attached hydrogens (tertiary/aromatic N) is 1. The SMILES string of the molecule is CCC(=O)COc1ccc2c3c(c4cc(OC)c(OC)cc4c2c1)C[C@H]1CCCN1C3. The number of hydrogen-bond donors (Lipinski definition) is 0. The van der Waals surface area contributed by atoms with Crippen LogP contribution < -0.4 is 14.2 Å². The van der Waals surface area contributed by atoms with Gasteiger partial charge in [-0.15, -0.1) is 0 Å². The Balaban J connectivity index is 1.74. The molecule has 1 atom stereocenters. The molecule has 162 valence electrons. The number of fused-ring (bicyclic) bond motifs is 7. The van der Waals surface area contributed by atoms with Gasteiger partial charge >= 0.3 is 0 Å². The predicted octanol–water partition coefficient (Wildman–Crippen LogP) is 4.89. The zero-order valence-corrected chi connectivity index (χ0v) is 18.5. The molecule has 0 spiro atoms. The second-order valence-corrected chi connectivity index (χ2v) is 8.57. The summed E-state index contributed by atoms with van der Waals surface area (Å²) in [4.78, 5) is 14.4. The van der Waals surface area contributed by atoms with Gasteiger partial charge in [0.25, 0.3) is 0 Å². The Kier molecular flexibility index (Phi) is 5.22. The second-order valence-electron chi connectivity index (χ2n) is 8.57. The van der Waals surface area contributed by atoms with Crippen LogP contribution in [0.4, 0.5) is 0 Å². The van der Waals surface area contributed by atoms with Crippen molar-refractivity contribution in [1.82, 2.24) is 4.90 Å². The van der Waals surface area contributed by atoms with E-state index in [1.54, 1.807) is 14.2 Å². The van der Waals surface area contributed by atoms with Gasteiger partial charge in [0.1, 0.15) is 12.4 Å². The van der Waals surface area contributed by atoms with Gasteiger partial charge in [-0.05, 0) is 82.7 Å². The smallest absolute Gasteiger partial charge is 0.169 e. The van der Waals surface area contributed by atoms with E-state index in [2.05, 4.69) is 29.2 Å². The molecule has 5 nitrogen and oxygen atoms in total. The van der Waals surface area contributed by atoms with Gasteiger partial charge in [-0.25, -0.2) is 0 Å². The van der Waals surface area contributed by atoms with Gasteiger partial charge < -0.3 is 14.2 Å². The van der Waals surface area contributed by atoms with E-state index in [4.69, 9.17) is 14.2 Å². The molecular weight excluding hydrogens is 390 g/mol. The number of rotatable bonds is 6. The Morgan fingerprint density at radius 1 is 1.00 bits per heavy atom. The van der Waals surface area contributed by atoms with E-state index in [1.807, 2.05) is 13.0 Å². The molecule has 0 radical (unpaired) electrons.